The summed E-state index contributed by atoms with van der Waals surface area (Å²) >= 11 is 0. The van der Waals surface area contributed by atoms with E-state index in [-0.39, 0.29) is 6.04 Å². The summed E-state index contributed by atoms with van der Waals surface area (Å²) in [6, 6.07) is 54.8. The minimum absolute atomic E-state index is 0.0834. The Morgan fingerprint density at radius 2 is 1.24 bits per heavy atom. The average Bonchev–Trinajstić information content (AvgIpc) is 3.85. The fraction of sp³-hybridized carbons (Fsp3) is 0.157. The normalized spacial score (nSPS) is 16.9. The van der Waals surface area contributed by atoms with Gasteiger partial charge in [-0.05, 0) is 115 Å². The molecule has 0 N–H and O–H groups in total. The van der Waals surface area contributed by atoms with Gasteiger partial charge in [0, 0.05) is 38.8 Å². The zero-order valence-corrected chi connectivity index (χ0v) is 31.4. The molecule has 2 heterocycles. The van der Waals surface area contributed by atoms with Gasteiger partial charge >= 0.3 is 0 Å². The summed E-state index contributed by atoms with van der Waals surface area (Å²) < 4.78 is 4.93. The first-order valence-electron chi connectivity index (χ1n) is 19.5. The van der Waals surface area contributed by atoms with E-state index in [0.29, 0.717) is 11.8 Å². The number of fused-ring (bicyclic) bond motifs is 8. The Bertz CT molecular complexity index is 2720. The summed E-state index contributed by atoms with van der Waals surface area (Å²) in [5.74, 6) is 1.24. The highest BCUT2D eigenvalue weighted by atomic mass is 15.0. The SMILES string of the molecule is CC.CC(=N/C(=C\C(C)n1c2c(c3cc(-c4ccc5c(c4)c4ccccc4n5-c4ccccc4)ccc31)C1CC1C=C2)c1ccccc1)c1ccccc1. The van der Waals surface area contributed by atoms with Crippen molar-refractivity contribution in [3.8, 4) is 16.8 Å². The number of hydrogen-bond acceptors (Lipinski definition) is 1. The first-order valence-corrected chi connectivity index (χ1v) is 19.5. The van der Waals surface area contributed by atoms with Crippen LogP contribution in [-0.4, -0.2) is 14.8 Å². The van der Waals surface area contributed by atoms with Crippen molar-refractivity contribution in [2.75, 3.05) is 0 Å². The Morgan fingerprint density at radius 3 is 1.96 bits per heavy atom. The van der Waals surface area contributed by atoms with Gasteiger partial charge in [0.2, 0.25) is 0 Å². The van der Waals surface area contributed by atoms with Crippen molar-refractivity contribution >= 4 is 50.2 Å². The van der Waals surface area contributed by atoms with E-state index >= 15 is 0 Å². The maximum absolute atomic E-state index is 5.25. The summed E-state index contributed by atoms with van der Waals surface area (Å²) in [5.41, 5.74) is 14.5. The van der Waals surface area contributed by atoms with Crippen LogP contribution in [0.4, 0.5) is 0 Å². The number of hydrogen-bond donors (Lipinski definition) is 0. The van der Waals surface area contributed by atoms with E-state index in [2.05, 4.69) is 193 Å². The number of rotatable bonds is 7. The summed E-state index contributed by atoms with van der Waals surface area (Å²) in [6.07, 6.45) is 8.40. The lowest BCUT2D eigenvalue weighted by atomic mass is 9.97. The van der Waals surface area contributed by atoms with E-state index in [1.165, 1.54) is 67.2 Å². The second kappa shape index (κ2) is 14.0. The molecule has 3 nitrogen and oxygen atoms in total. The molecule has 0 saturated heterocycles. The zero-order chi connectivity index (χ0) is 36.8. The maximum atomic E-state index is 5.25. The summed E-state index contributed by atoms with van der Waals surface area (Å²) in [7, 11) is 0. The number of para-hydroxylation sites is 2. The summed E-state index contributed by atoms with van der Waals surface area (Å²) in [6.45, 7) is 8.42. The van der Waals surface area contributed by atoms with E-state index in [0.717, 1.165) is 22.5 Å². The topological polar surface area (TPSA) is 22.2 Å². The van der Waals surface area contributed by atoms with Gasteiger partial charge in [0.1, 0.15) is 0 Å². The molecule has 2 aromatic heterocycles. The molecule has 0 radical (unpaired) electrons. The van der Waals surface area contributed by atoms with Crippen molar-refractivity contribution in [1.29, 1.82) is 0 Å². The molecule has 6 aromatic carbocycles. The number of aromatic nitrogens is 2. The monoisotopic (exact) mass is 699 g/mol. The Kier molecular flexibility index (Phi) is 8.71. The predicted octanol–water partition coefficient (Wildman–Crippen LogP) is 13.7. The van der Waals surface area contributed by atoms with Crippen molar-refractivity contribution in [3.05, 3.63) is 186 Å². The number of nitrogens with zero attached hydrogens (tertiary/aromatic N) is 3. The fourth-order valence-electron chi connectivity index (χ4n) is 8.55. The lowest BCUT2D eigenvalue weighted by Crippen LogP contribution is -2.07. The average molecular weight is 700 g/mol. The molecule has 2 aliphatic carbocycles. The van der Waals surface area contributed by atoms with Gasteiger partial charge in [-0.15, -0.1) is 0 Å². The third-order valence-electron chi connectivity index (χ3n) is 11.2. The summed E-state index contributed by atoms with van der Waals surface area (Å²) in [5, 5.41) is 3.93. The third-order valence-corrected chi connectivity index (χ3v) is 11.2. The van der Waals surface area contributed by atoms with Gasteiger partial charge in [-0.2, -0.15) is 0 Å². The Morgan fingerprint density at radius 1 is 0.648 bits per heavy atom. The molecule has 1 fully saturated rings. The van der Waals surface area contributed by atoms with Gasteiger partial charge in [-0.3, -0.25) is 4.99 Å². The molecular formula is C51H45N3. The van der Waals surface area contributed by atoms with Crippen LogP contribution in [0.2, 0.25) is 0 Å². The van der Waals surface area contributed by atoms with Crippen LogP contribution in [0.1, 0.15) is 68.5 Å². The van der Waals surface area contributed by atoms with E-state index < -0.39 is 0 Å². The quantitative estimate of drug-likeness (QED) is 0.148. The molecule has 0 aliphatic heterocycles. The number of aliphatic imine (C=N–C) groups is 1. The first kappa shape index (κ1) is 33.6. The molecule has 54 heavy (non-hydrogen) atoms. The lowest BCUT2D eigenvalue weighted by Gasteiger charge is -2.18. The number of allylic oxidation sites excluding steroid dienone is 2. The van der Waals surface area contributed by atoms with Gasteiger partial charge in [0.25, 0.3) is 0 Å². The molecule has 264 valence electrons. The molecule has 2 aliphatic rings. The van der Waals surface area contributed by atoms with Gasteiger partial charge in [-0.25, -0.2) is 0 Å². The second-order valence-corrected chi connectivity index (χ2v) is 14.4. The van der Waals surface area contributed by atoms with Crippen LogP contribution in [0, 0.1) is 5.92 Å². The van der Waals surface area contributed by atoms with Gasteiger partial charge in [-0.1, -0.05) is 129 Å². The smallest absolute Gasteiger partial charge is 0.0686 e. The van der Waals surface area contributed by atoms with Crippen LogP contribution >= 0.6 is 0 Å². The van der Waals surface area contributed by atoms with Crippen LogP contribution < -0.4 is 0 Å². The van der Waals surface area contributed by atoms with E-state index in [9.17, 15) is 0 Å². The van der Waals surface area contributed by atoms with E-state index in [1.807, 2.05) is 13.8 Å². The minimum Gasteiger partial charge on any atom is -0.334 e. The van der Waals surface area contributed by atoms with Crippen LogP contribution in [-0.2, 0) is 0 Å². The molecule has 0 amide bonds. The standard InChI is InChI=1S/C49H39N3.C2H6/c1-32(28-44(35-16-8-4-9-17-35)50-33(2)34-14-6-3-7-15-34)51-47-26-23-37(30-43(47)49-41-31-38(41)24-27-48(49)51)36-22-25-46-42(29-36)40-20-12-13-21-45(40)52(46)39-18-10-5-11-19-39;1-2/h3-30,32,38,41H,31H2,1-2H3;1-2H3/b44-28-,50-33?;. The highest BCUT2D eigenvalue weighted by Crippen LogP contribution is 2.56. The zero-order valence-electron chi connectivity index (χ0n) is 31.4. The van der Waals surface area contributed by atoms with E-state index in [1.54, 1.807) is 0 Å². The highest BCUT2D eigenvalue weighted by Gasteiger charge is 2.42. The minimum atomic E-state index is 0.0834. The Labute approximate surface area is 318 Å². The van der Waals surface area contributed by atoms with Crippen molar-refractivity contribution in [2.45, 2.75) is 46.1 Å². The molecule has 0 bridgehead atoms. The fourth-order valence-corrected chi connectivity index (χ4v) is 8.55. The molecule has 1 saturated carbocycles. The predicted molar refractivity (Wildman–Crippen MR) is 231 cm³/mol. The molecule has 3 atom stereocenters. The van der Waals surface area contributed by atoms with Crippen molar-refractivity contribution < 1.29 is 0 Å². The number of benzene rings is 6. The molecule has 10 rings (SSSR count). The van der Waals surface area contributed by atoms with Crippen LogP contribution in [0.3, 0.4) is 0 Å². The van der Waals surface area contributed by atoms with E-state index in [4.69, 9.17) is 4.99 Å². The highest BCUT2D eigenvalue weighted by molar-refractivity contribution is 6.10. The maximum Gasteiger partial charge on any atom is 0.0686 e. The van der Waals surface area contributed by atoms with Crippen molar-refractivity contribution in [1.82, 2.24) is 9.13 Å². The molecule has 3 unspecified atom stereocenters. The Hall–Kier alpha value is -6.19. The largest absolute Gasteiger partial charge is 0.334 e. The Balaban J connectivity index is 0.00000189. The molecular weight excluding hydrogens is 655 g/mol. The summed E-state index contributed by atoms with van der Waals surface area (Å²) in [4.78, 5) is 5.25. The molecule has 0 spiro atoms. The third kappa shape index (κ3) is 5.81. The van der Waals surface area contributed by atoms with Crippen molar-refractivity contribution in [2.24, 2.45) is 10.9 Å². The van der Waals surface area contributed by atoms with Crippen LogP contribution in [0.25, 0.3) is 61.3 Å². The second-order valence-electron chi connectivity index (χ2n) is 14.4. The lowest BCUT2D eigenvalue weighted by molar-refractivity contribution is 0.677. The van der Waals surface area contributed by atoms with Crippen LogP contribution in [0.15, 0.2) is 169 Å². The molecule has 3 heteroatoms. The van der Waals surface area contributed by atoms with Gasteiger partial charge in [0.15, 0.2) is 0 Å². The van der Waals surface area contributed by atoms with Crippen LogP contribution in [0.5, 0.6) is 0 Å². The van der Waals surface area contributed by atoms with Crippen molar-refractivity contribution in [3.63, 3.8) is 0 Å². The molecule has 8 aromatic rings. The van der Waals surface area contributed by atoms with Gasteiger partial charge < -0.3 is 9.13 Å². The van der Waals surface area contributed by atoms with Gasteiger partial charge in [0.05, 0.1) is 22.8 Å². The first-order chi connectivity index (χ1) is 26.6.